The minimum atomic E-state index is -3.78. The first-order valence-electron chi connectivity index (χ1n) is 5.12. The van der Waals surface area contributed by atoms with E-state index in [0.29, 0.717) is 13.1 Å². The van der Waals surface area contributed by atoms with Crippen LogP contribution in [0.1, 0.15) is 19.3 Å². The monoisotopic (exact) mass is 243 g/mol. The van der Waals surface area contributed by atoms with Gasteiger partial charge >= 0.3 is 0 Å². The molecule has 0 radical (unpaired) electrons. The van der Waals surface area contributed by atoms with E-state index < -0.39 is 15.1 Å². The Kier molecular flexibility index (Phi) is 2.71. The van der Waals surface area contributed by atoms with Crippen molar-refractivity contribution in [1.29, 1.82) is 0 Å². The molecule has 2 N–H and O–H groups in total. The molecule has 0 aromatic heterocycles. The lowest BCUT2D eigenvalue weighted by atomic mass is 10.1. The van der Waals surface area contributed by atoms with Gasteiger partial charge < -0.3 is 10.6 Å². The van der Waals surface area contributed by atoms with E-state index in [9.17, 15) is 13.2 Å². The summed E-state index contributed by atoms with van der Waals surface area (Å²) in [6, 6.07) is 0. The van der Waals surface area contributed by atoms with Gasteiger partial charge in [0.05, 0.1) is 11.8 Å². The highest BCUT2D eigenvalue weighted by atomic mass is 32.2. The van der Waals surface area contributed by atoms with E-state index in [0.717, 1.165) is 25.5 Å². The molecule has 2 rings (SSSR count). The van der Waals surface area contributed by atoms with Crippen LogP contribution in [0.2, 0.25) is 0 Å². The molecule has 0 aliphatic carbocycles. The summed E-state index contributed by atoms with van der Waals surface area (Å²) in [5.74, 6) is -0.331. The van der Waals surface area contributed by atoms with Crippen molar-refractivity contribution in [2.24, 2.45) is 10.1 Å². The average molecular weight is 243 g/mol. The maximum absolute atomic E-state index is 11.9. The molecule has 6 nitrogen and oxygen atoms in total. The van der Waals surface area contributed by atoms with Crippen LogP contribution < -0.4 is 5.73 Å². The number of sulfonamides is 1. The van der Waals surface area contributed by atoms with Crippen molar-refractivity contribution >= 4 is 22.1 Å². The van der Waals surface area contributed by atoms with Gasteiger partial charge in [0.1, 0.15) is 0 Å². The highest BCUT2D eigenvalue weighted by Gasteiger charge is 2.30. The number of carbonyl (C=O) groups excluding carboxylic acids is 1. The first kappa shape index (κ1) is 11.1. The molecule has 2 aliphatic heterocycles. The number of nitrogens with two attached hydrogens (primary N) is 1. The zero-order chi connectivity index (χ0) is 11.8. The van der Waals surface area contributed by atoms with Gasteiger partial charge in [-0.05, 0) is 19.3 Å². The Morgan fingerprint density at radius 1 is 1.31 bits per heavy atom. The van der Waals surface area contributed by atoms with Gasteiger partial charge in [-0.1, -0.05) is 0 Å². The predicted molar refractivity (Wildman–Crippen MR) is 59.1 cm³/mol. The van der Waals surface area contributed by atoms with E-state index in [2.05, 4.69) is 4.40 Å². The fourth-order valence-electron chi connectivity index (χ4n) is 1.81. The van der Waals surface area contributed by atoms with E-state index in [1.807, 2.05) is 0 Å². The quantitative estimate of drug-likeness (QED) is 0.677. The number of nitrogens with zero attached hydrogens (tertiary/aromatic N) is 2. The molecule has 0 aromatic carbocycles. The van der Waals surface area contributed by atoms with Gasteiger partial charge in [0.2, 0.25) is 0 Å². The second-order valence-corrected chi connectivity index (χ2v) is 5.44. The molecule has 88 valence electrons. The van der Waals surface area contributed by atoms with Crippen LogP contribution in [0.4, 0.5) is 0 Å². The van der Waals surface area contributed by atoms with Gasteiger partial charge in [-0.25, -0.2) is 0 Å². The Balaban J connectivity index is 2.23. The molecular weight excluding hydrogens is 230 g/mol. The Morgan fingerprint density at radius 2 is 1.94 bits per heavy atom. The fourth-order valence-corrected chi connectivity index (χ4v) is 2.59. The van der Waals surface area contributed by atoms with Gasteiger partial charge in [-0.2, -0.15) is 12.8 Å². The van der Waals surface area contributed by atoms with Gasteiger partial charge in [-0.3, -0.25) is 4.79 Å². The first-order chi connectivity index (χ1) is 7.52. The van der Waals surface area contributed by atoms with Crippen LogP contribution in [-0.4, -0.2) is 38.5 Å². The minimum absolute atomic E-state index is 0.00176. The molecule has 2 aliphatic rings. The SMILES string of the molecule is NC1=C(C(=O)N2CCCCC2)C=NS1(=O)=O. The molecule has 0 bridgehead atoms. The van der Waals surface area contributed by atoms with E-state index in [1.54, 1.807) is 4.90 Å². The second kappa shape index (κ2) is 3.89. The topological polar surface area (TPSA) is 92.8 Å². The molecule has 0 unspecified atom stereocenters. The summed E-state index contributed by atoms with van der Waals surface area (Å²) in [6.07, 6.45) is 4.04. The lowest BCUT2D eigenvalue weighted by Crippen LogP contribution is -2.37. The minimum Gasteiger partial charge on any atom is -0.387 e. The zero-order valence-electron chi connectivity index (χ0n) is 8.72. The molecule has 0 atom stereocenters. The number of amides is 1. The molecule has 16 heavy (non-hydrogen) atoms. The summed E-state index contributed by atoms with van der Waals surface area (Å²) in [6.45, 7) is 1.31. The number of likely N-dealkylation sites (tertiary alicyclic amines) is 1. The average Bonchev–Trinajstić information content (AvgIpc) is 2.55. The third-order valence-corrected chi connectivity index (χ3v) is 3.90. The Bertz CT molecular complexity index is 472. The van der Waals surface area contributed by atoms with Crippen molar-refractivity contribution in [3.05, 3.63) is 10.6 Å². The number of piperidine rings is 1. The van der Waals surface area contributed by atoms with Gasteiger partial charge in [0.25, 0.3) is 15.9 Å². The number of hydrogen-bond donors (Lipinski definition) is 1. The predicted octanol–water partition coefficient (Wildman–Crippen LogP) is -0.417. The molecule has 0 aromatic rings. The Labute approximate surface area is 93.9 Å². The first-order valence-corrected chi connectivity index (χ1v) is 6.56. The molecule has 0 spiro atoms. The van der Waals surface area contributed by atoms with Crippen LogP contribution in [-0.2, 0) is 14.8 Å². The maximum Gasteiger partial charge on any atom is 0.298 e. The molecule has 7 heteroatoms. The molecule has 0 saturated carbocycles. The smallest absolute Gasteiger partial charge is 0.298 e. The van der Waals surface area contributed by atoms with Crippen LogP contribution in [0.3, 0.4) is 0 Å². The van der Waals surface area contributed by atoms with Crippen molar-refractivity contribution < 1.29 is 13.2 Å². The van der Waals surface area contributed by atoms with E-state index in [4.69, 9.17) is 5.73 Å². The van der Waals surface area contributed by atoms with Crippen LogP contribution in [0, 0.1) is 0 Å². The van der Waals surface area contributed by atoms with E-state index >= 15 is 0 Å². The molecular formula is C9H13N3O3S. The van der Waals surface area contributed by atoms with Crippen molar-refractivity contribution in [2.45, 2.75) is 19.3 Å². The third-order valence-electron chi connectivity index (χ3n) is 2.74. The summed E-state index contributed by atoms with van der Waals surface area (Å²) in [7, 11) is -3.78. The largest absolute Gasteiger partial charge is 0.387 e. The lowest BCUT2D eigenvalue weighted by Gasteiger charge is -2.26. The molecule has 2 heterocycles. The van der Waals surface area contributed by atoms with Crippen LogP contribution in [0.5, 0.6) is 0 Å². The van der Waals surface area contributed by atoms with E-state index in [-0.39, 0.29) is 11.5 Å². The highest BCUT2D eigenvalue weighted by Crippen LogP contribution is 2.19. The lowest BCUT2D eigenvalue weighted by molar-refractivity contribution is -0.127. The van der Waals surface area contributed by atoms with Gasteiger partial charge in [0.15, 0.2) is 5.03 Å². The van der Waals surface area contributed by atoms with Gasteiger partial charge in [0, 0.05) is 13.1 Å². The fraction of sp³-hybridized carbons (Fsp3) is 0.556. The summed E-state index contributed by atoms with van der Waals surface area (Å²) in [4.78, 5) is 13.6. The summed E-state index contributed by atoms with van der Waals surface area (Å²) in [5, 5.41) is -0.428. The molecule has 1 saturated heterocycles. The standard InChI is InChI=1S/C9H13N3O3S/c10-8-7(6-11-16(8,14)15)9(13)12-4-2-1-3-5-12/h6H,1-5,10H2. The highest BCUT2D eigenvalue weighted by molar-refractivity contribution is 7.94. The van der Waals surface area contributed by atoms with Crippen LogP contribution in [0.25, 0.3) is 0 Å². The maximum atomic E-state index is 11.9. The van der Waals surface area contributed by atoms with Crippen molar-refractivity contribution in [1.82, 2.24) is 4.90 Å². The molecule has 1 fully saturated rings. The normalized spacial score (nSPS) is 23.9. The molecule has 1 amide bonds. The summed E-state index contributed by atoms with van der Waals surface area (Å²) < 4.78 is 25.7. The Morgan fingerprint density at radius 3 is 2.44 bits per heavy atom. The van der Waals surface area contributed by atoms with Crippen LogP contribution in [0.15, 0.2) is 15.0 Å². The van der Waals surface area contributed by atoms with Crippen molar-refractivity contribution in [3.8, 4) is 0 Å². The zero-order valence-corrected chi connectivity index (χ0v) is 9.53. The van der Waals surface area contributed by atoms with Crippen LogP contribution >= 0.6 is 0 Å². The van der Waals surface area contributed by atoms with E-state index in [1.165, 1.54) is 0 Å². The second-order valence-electron chi connectivity index (χ2n) is 3.84. The summed E-state index contributed by atoms with van der Waals surface area (Å²) >= 11 is 0. The number of rotatable bonds is 1. The van der Waals surface area contributed by atoms with Gasteiger partial charge in [-0.15, -0.1) is 0 Å². The van der Waals surface area contributed by atoms with Crippen molar-refractivity contribution in [3.63, 3.8) is 0 Å². The number of carbonyl (C=O) groups is 1. The third kappa shape index (κ3) is 1.82. The summed E-state index contributed by atoms with van der Waals surface area (Å²) in [5.41, 5.74) is 5.39. The Hall–Kier alpha value is -1.37. The van der Waals surface area contributed by atoms with Crippen molar-refractivity contribution in [2.75, 3.05) is 13.1 Å². The number of hydrogen-bond acceptors (Lipinski definition) is 4.